The van der Waals surface area contributed by atoms with Crippen molar-refractivity contribution in [1.82, 2.24) is 4.90 Å². The third-order valence-corrected chi connectivity index (χ3v) is 18.9. The van der Waals surface area contributed by atoms with Crippen LogP contribution in [0.25, 0.3) is 0 Å². The minimum atomic E-state index is -2.52. The van der Waals surface area contributed by atoms with Gasteiger partial charge in [-0.3, -0.25) is 19.2 Å². The molecule has 2 unspecified atom stereocenters. The normalized spacial score (nSPS) is 42.7. The molecule has 25 atom stereocenters. The van der Waals surface area contributed by atoms with Gasteiger partial charge in [0.1, 0.15) is 85.1 Å². The summed E-state index contributed by atoms with van der Waals surface area (Å²) in [5, 5.41) is 96.1. The summed E-state index contributed by atoms with van der Waals surface area (Å²) in [4.78, 5) is 86.4. The van der Waals surface area contributed by atoms with Crippen LogP contribution in [0.4, 0.5) is 4.79 Å². The van der Waals surface area contributed by atoms with Crippen LogP contribution in [0.15, 0.2) is 47.6 Å². The Hall–Kier alpha value is -4.46. The summed E-state index contributed by atoms with van der Waals surface area (Å²) in [6.45, 7) is 10.8. The van der Waals surface area contributed by atoms with Gasteiger partial charge in [-0.1, -0.05) is 71.1 Å². The molecule has 1 aliphatic carbocycles. The maximum absolute atomic E-state index is 14.7. The molecule has 0 radical (unpaired) electrons. The topological polar surface area (TPSA) is 380 Å². The molecule has 1 saturated carbocycles. The van der Waals surface area contributed by atoms with Crippen LogP contribution in [-0.4, -0.2) is 243 Å². The van der Waals surface area contributed by atoms with Crippen molar-refractivity contribution in [3.8, 4) is 0 Å². The summed E-state index contributed by atoms with van der Waals surface area (Å²) in [6.07, 6.45) is -11.1. The van der Waals surface area contributed by atoms with E-state index in [0.717, 1.165) is 10.5 Å². The summed E-state index contributed by atoms with van der Waals surface area (Å²) < 4.78 is 57.1. The van der Waals surface area contributed by atoms with Crippen molar-refractivity contribution in [3.63, 3.8) is 0 Å². The van der Waals surface area contributed by atoms with E-state index in [1.54, 1.807) is 47.8 Å². The lowest BCUT2D eigenvalue weighted by molar-refractivity contribution is -0.326. The molecular formula is C64H99NO25. The predicted octanol–water partition coefficient (Wildman–Crippen LogP) is 1.97. The minimum Gasteiger partial charge on any atom is -0.460 e. The maximum Gasteiger partial charge on any atom is 0.511 e. The van der Waals surface area contributed by atoms with Crippen LogP contribution in [0.5, 0.6) is 0 Å². The number of rotatable bonds is 12. The van der Waals surface area contributed by atoms with Gasteiger partial charge >= 0.3 is 12.1 Å². The second-order valence-corrected chi connectivity index (χ2v) is 25.6. The van der Waals surface area contributed by atoms with Gasteiger partial charge < -0.3 is 98.2 Å². The standard InChI is InChI=1S/C64H99NO25/c1-32-16-12-11-13-17-33(2)44(81-8)28-40-21-19-38(7)64(80,90-40)58(76)59(77)65-23-15-14-18-41(65)60(78)85-45(29-42(67)34(3)25-37(6)50(69)57(83-10)49(68)36(5)24-32)35(4)26-39-20-22-43(46(27-39)82-9)88-63(79)89-62-56(75)54(73)52(71)48(87-62)31-84-61-55(74)53(72)51(70)47(30-66)86-61/h11-13,16-17,25,32,34-36,38-41,43-48,50-57,61-62,66,69-75,80H,14-15,18-24,26-31H2,1-10H3/b13-11+,16-12-,33-17+,37-25+/t32-,34-,35-,36-,38-,39?,40+,41?,43-,44+,45+,46-,47-,48-,50-,51-,52-,53+,54+,55-,56-,57+,61+,62-,64-/m1/s1. The van der Waals surface area contributed by atoms with E-state index in [1.807, 2.05) is 44.2 Å². The quantitative estimate of drug-likeness (QED) is 0.0766. The summed E-state index contributed by atoms with van der Waals surface area (Å²) >= 11 is 0. The number of ether oxygens (including phenoxy) is 10. The van der Waals surface area contributed by atoms with Crippen molar-refractivity contribution in [3.05, 3.63) is 47.6 Å². The smallest absolute Gasteiger partial charge is 0.460 e. The van der Waals surface area contributed by atoms with Crippen molar-refractivity contribution in [1.29, 1.82) is 0 Å². The van der Waals surface area contributed by atoms with Gasteiger partial charge in [-0.15, -0.1) is 0 Å². The first-order valence-corrected chi connectivity index (χ1v) is 31.6. The zero-order valence-corrected chi connectivity index (χ0v) is 53.4. The number of esters is 1. The fourth-order valence-corrected chi connectivity index (χ4v) is 13.0. The first-order chi connectivity index (χ1) is 42.6. The van der Waals surface area contributed by atoms with E-state index in [2.05, 4.69) is 0 Å². The summed E-state index contributed by atoms with van der Waals surface area (Å²) in [6, 6.07) is -1.28. The monoisotopic (exact) mass is 1280 g/mol. The molecule has 4 saturated heterocycles. The Kier molecular flexibility index (Phi) is 28.3. The van der Waals surface area contributed by atoms with Crippen molar-refractivity contribution in [2.45, 2.75) is 241 Å². The first-order valence-electron chi connectivity index (χ1n) is 31.6. The molecule has 5 aliphatic heterocycles. The van der Waals surface area contributed by atoms with E-state index in [9.17, 15) is 74.7 Å². The van der Waals surface area contributed by atoms with Gasteiger partial charge in [0.05, 0.1) is 31.5 Å². The number of aliphatic hydroxyl groups is 9. The first kappa shape index (κ1) is 74.6. The van der Waals surface area contributed by atoms with E-state index in [0.29, 0.717) is 50.5 Å². The number of cyclic esters (lactones) is 1. The summed E-state index contributed by atoms with van der Waals surface area (Å²) in [5.41, 5.74) is 1.13. The average molecular weight is 1280 g/mol. The van der Waals surface area contributed by atoms with Crippen LogP contribution in [-0.2, 0) is 71.3 Å². The minimum absolute atomic E-state index is 0.0114. The highest BCUT2D eigenvalue weighted by atomic mass is 16.8. The fraction of sp³-hybridized carbons (Fsp3) is 0.781. The molecule has 26 heteroatoms. The van der Waals surface area contributed by atoms with Gasteiger partial charge in [0.2, 0.25) is 12.1 Å². The SMILES string of the molecule is CO[C@H]1C[C@@H]2CC[C@@H](C)[C@@](O)(O2)C(=O)C(=O)N2CCCCC2C(=O)O[C@H]([C@H](C)CC2CC[C@@H](OC(=O)O[C@H]3O[C@H](CO[C@H]4O[C@H](CO)[C@@H](O)[C@H](O)[C@H]4O)[C@@H](O)[C@H](O)[C@H]3O)[C@H](OC)C2)CC(=O)[C@H](C)/C=C(\C)[C@@H](O)[C@@H](OC)C(=O)[C@H](C)C[C@H](C)\C=C/C=C/C=C/1C. The number of nitrogens with zero attached hydrogens (tertiary/aromatic N) is 1. The van der Waals surface area contributed by atoms with E-state index in [4.69, 9.17) is 47.4 Å². The molecule has 510 valence electrons. The second kappa shape index (κ2) is 34.1. The number of piperidine rings is 1. The molecule has 0 spiro atoms. The average Bonchev–Trinajstić information content (AvgIpc) is 1.08. The molecule has 0 aromatic carbocycles. The lowest BCUT2D eigenvalue weighted by atomic mass is 9.78. The molecule has 9 N–H and O–H groups in total. The van der Waals surface area contributed by atoms with Crippen LogP contribution in [0, 0.1) is 35.5 Å². The molecule has 5 heterocycles. The zero-order valence-electron chi connectivity index (χ0n) is 53.4. The Morgan fingerprint density at radius 3 is 2.08 bits per heavy atom. The molecular weight excluding hydrogens is 1180 g/mol. The van der Waals surface area contributed by atoms with E-state index < -0.39 is 182 Å². The predicted molar refractivity (Wildman–Crippen MR) is 317 cm³/mol. The Bertz CT molecular complexity index is 2520. The van der Waals surface area contributed by atoms with E-state index in [1.165, 1.54) is 14.2 Å². The Morgan fingerprint density at radius 1 is 0.733 bits per heavy atom. The molecule has 90 heavy (non-hydrogen) atoms. The number of Topliss-reactive ketones (excluding diaryl/α,β-unsaturated/α-hetero) is 3. The third kappa shape index (κ3) is 18.7. The van der Waals surface area contributed by atoms with Crippen LogP contribution < -0.4 is 0 Å². The number of allylic oxidation sites excluding steroid dienone is 6. The Labute approximate surface area is 526 Å². The number of carbonyl (C=O) groups excluding carboxylic acids is 6. The number of hydrogen-bond acceptors (Lipinski definition) is 25. The Balaban J connectivity index is 1.19. The molecule has 5 fully saturated rings. The zero-order chi connectivity index (χ0) is 66.5. The third-order valence-electron chi connectivity index (χ3n) is 18.9. The highest BCUT2D eigenvalue weighted by Crippen LogP contribution is 2.39. The highest BCUT2D eigenvalue weighted by Gasteiger charge is 2.54. The second-order valence-electron chi connectivity index (χ2n) is 25.6. The number of methoxy groups -OCH3 is 3. The lowest BCUT2D eigenvalue weighted by Crippen LogP contribution is -2.62. The molecule has 26 nitrogen and oxygen atoms in total. The van der Waals surface area contributed by atoms with E-state index >= 15 is 0 Å². The molecule has 1 amide bonds. The van der Waals surface area contributed by atoms with Gasteiger partial charge in [-0.2, -0.15) is 0 Å². The van der Waals surface area contributed by atoms with Gasteiger partial charge in [-0.25, -0.2) is 9.59 Å². The molecule has 6 rings (SSSR count). The van der Waals surface area contributed by atoms with Crippen molar-refractivity contribution in [2.75, 3.05) is 41.1 Å². The van der Waals surface area contributed by atoms with Gasteiger partial charge in [0.15, 0.2) is 12.1 Å². The van der Waals surface area contributed by atoms with Gasteiger partial charge in [0.25, 0.3) is 11.7 Å². The maximum atomic E-state index is 14.7. The van der Waals surface area contributed by atoms with Crippen LogP contribution in [0.2, 0.25) is 0 Å². The molecule has 0 aromatic rings. The highest BCUT2D eigenvalue weighted by molar-refractivity contribution is 6.39. The number of ketones is 3. The van der Waals surface area contributed by atoms with Crippen LogP contribution >= 0.6 is 0 Å². The summed E-state index contributed by atoms with van der Waals surface area (Å²) in [5.74, 6) is -9.44. The fourth-order valence-electron chi connectivity index (χ4n) is 13.0. The molecule has 2 bridgehead atoms. The number of aliphatic hydroxyl groups excluding tert-OH is 8. The number of hydrogen-bond donors (Lipinski definition) is 9. The lowest BCUT2D eigenvalue weighted by Gasteiger charge is -2.42. The van der Waals surface area contributed by atoms with Crippen molar-refractivity contribution in [2.24, 2.45) is 35.5 Å². The van der Waals surface area contributed by atoms with Crippen LogP contribution in [0.3, 0.4) is 0 Å². The van der Waals surface area contributed by atoms with E-state index in [-0.39, 0.29) is 56.3 Å². The Morgan fingerprint density at radius 2 is 1.41 bits per heavy atom. The number of carbonyl (C=O) groups is 6. The number of fused-ring (bicyclic) bond motifs is 3. The van der Waals surface area contributed by atoms with Crippen LogP contribution in [0.1, 0.15) is 126 Å². The van der Waals surface area contributed by atoms with Crippen molar-refractivity contribution >= 4 is 35.4 Å². The van der Waals surface area contributed by atoms with Crippen molar-refractivity contribution < 1.29 is 122 Å². The van der Waals surface area contributed by atoms with Gasteiger partial charge in [0, 0.05) is 58.5 Å². The largest absolute Gasteiger partial charge is 0.511 e. The summed E-state index contributed by atoms with van der Waals surface area (Å²) in [7, 11) is 4.28. The number of amides is 1. The van der Waals surface area contributed by atoms with Gasteiger partial charge in [-0.05, 0) is 107 Å². The molecule has 0 aromatic heterocycles. The molecule has 6 aliphatic rings.